The van der Waals surface area contributed by atoms with Gasteiger partial charge in [-0.2, -0.15) is 18.2 Å². The molecule has 0 saturated carbocycles. The highest BCUT2D eigenvalue weighted by molar-refractivity contribution is 6.03. The number of hydrogen-bond donors (Lipinski definition) is 2. The number of hydrogen-bond acceptors (Lipinski definition) is 7. The van der Waals surface area contributed by atoms with E-state index in [1.165, 1.54) is 36.0 Å². The number of halogens is 4. The second-order valence-electron chi connectivity index (χ2n) is 11.6. The minimum absolute atomic E-state index is 0.0999. The van der Waals surface area contributed by atoms with Crippen molar-refractivity contribution in [1.29, 1.82) is 0 Å². The Morgan fingerprint density at radius 1 is 1.00 bits per heavy atom. The zero-order valence-corrected chi connectivity index (χ0v) is 25.1. The Morgan fingerprint density at radius 2 is 1.78 bits per heavy atom. The molecule has 2 N–H and O–H groups in total. The monoisotopic (exact) mass is 639 g/mol. The highest BCUT2D eigenvalue weighted by Gasteiger charge is 2.43. The van der Waals surface area contributed by atoms with Crippen LogP contribution < -0.4 is 20.4 Å². The minimum Gasteiger partial charge on any atom is -0.417 e. The van der Waals surface area contributed by atoms with Crippen LogP contribution >= 0.6 is 0 Å². The van der Waals surface area contributed by atoms with E-state index in [-0.39, 0.29) is 23.3 Å². The second kappa shape index (κ2) is 12.9. The molecule has 3 amide bonds. The van der Waals surface area contributed by atoms with Gasteiger partial charge in [0.05, 0.1) is 17.6 Å². The lowest BCUT2D eigenvalue weighted by Gasteiger charge is -2.35. The largest absolute Gasteiger partial charge is 0.437 e. The van der Waals surface area contributed by atoms with E-state index in [1.54, 1.807) is 21.9 Å². The average molecular weight is 640 g/mol. The molecule has 0 bridgehead atoms. The standard InChI is InChI=1S/C32H33F4N7O3/c1-20-6-2-3-7-23(20)21-12-13-43(19-21)31-40-28(32(34,35)36)27(46-31)29(44)38-22-10-11-26(37-18-22)41-14-16-42(17-15-41)30(45)39-25-9-5-4-8-24(25)33/h2-5,7-11,18,20-21H,6,12-17,19H2,1H3,(H,38,44)(H,39,45)/t20?,21-/m0/s1. The Labute approximate surface area is 262 Å². The molecule has 2 aliphatic heterocycles. The molecule has 2 atom stereocenters. The molecule has 1 aliphatic carbocycles. The Hall–Kier alpha value is -4.88. The number of oxazole rings is 1. The first-order valence-electron chi connectivity index (χ1n) is 15.1. The molecule has 2 saturated heterocycles. The maximum atomic E-state index is 13.9. The summed E-state index contributed by atoms with van der Waals surface area (Å²) in [5.74, 6) is -1.43. The Morgan fingerprint density at radius 3 is 2.48 bits per heavy atom. The number of aromatic nitrogens is 2. The third kappa shape index (κ3) is 6.70. The van der Waals surface area contributed by atoms with Crippen LogP contribution in [-0.4, -0.2) is 66.1 Å². The van der Waals surface area contributed by atoms with Gasteiger partial charge in [-0.15, -0.1) is 0 Å². The zero-order chi connectivity index (χ0) is 32.4. The molecule has 10 nitrogen and oxygen atoms in total. The molecule has 2 aromatic heterocycles. The Bertz CT molecular complexity index is 1650. The number of piperazine rings is 1. The topological polar surface area (TPSA) is 107 Å². The summed E-state index contributed by atoms with van der Waals surface area (Å²) >= 11 is 0. The zero-order valence-electron chi connectivity index (χ0n) is 25.1. The smallest absolute Gasteiger partial charge is 0.417 e. The van der Waals surface area contributed by atoms with E-state index in [4.69, 9.17) is 4.42 Å². The summed E-state index contributed by atoms with van der Waals surface area (Å²) in [4.78, 5) is 38.8. The van der Waals surface area contributed by atoms with Gasteiger partial charge < -0.3 is 29.8 Å². The molecule has 0 radical (unpaired) electrons. The number of pyridine rings is 1. The molecular weight excluding hydrogens is 606 g/mol. The van der Waals surface area contributed by atoms with E-state index in [1.807, 2.05) is 11.0 Å². The van der Waals surface area contributed by atoms with Crippen molar-refractivity contribution in [1.82, 2.24) is 14.9 Å². The van der Waals surface area contributed by atoms with Gasteiger partial charge in [0.25, 0.3) is 11.9 Å². The van der Waals surface area contributed by atoms with Gasteiger partial charge >= 0.3 is 12.2 Å². The quantitative estimate of drug-likeness (QED) is 0.310. The van der Waals surface area contributed by atoms with E-state index >= 15 is 0 Å². The minimum atomic E-state index is -4.89. The SMILES string of the molecule is CC1CC=CC=C1[C@H]1CCN(c2nc(C(F)(F)F)c(C(=O)Nc3ccc(N4CCN(C(=O)Nc5ccccc5F)CC4)nc3)o2)C1. The number of urea groups is 1. The molecule has 46 heavy (non-hydrogen) atoms. The van der Waals surface area contributed by atoms with Gasteiger partial charge in [0.15, 0.2) is 5.69 Å². The van der Waals surface area contributed by atoms with Crippen LogP contribution in [0.15, 0.2) is 70.8 Å². The van der Waals surface area contributed by atoms with E-state index in [2.05, 4.69) is 39.7 Å². The molecule has 242 valence electrons. The number of nitrogens with zero attached hydrogens (tertiary/aromatic N) is 5. The van der Waals surface area contributed by atoms with Crippen molar-refractivity contribution in [3.05, 3.63) is 83.7 Å². The summed E-state index contributed by atoms with van der Waals surface area (Å²) < 4.78 is 61.2. The second-order valence-corrected chi connectivity index (χ2v) is 11.6. The van der Waals surface area contributed by atoms with Crippen molar-refractivity contribution in [2.75, 3.05) is 59.7 Å². The molecule has 3 aromatic rings. The maximum absolute atomic E-state index is 13.9. The van der Waals surface area contributed by atoms with Gasteiger partial charge in [-0.1, -0.05) is 42.9 Å². The molecule has 1 unspecified atom stereocenters. The van der Waals surface area contributed by atoms with Crippen LogP contribution in [-0.2, 0) is 6.18 Å². The van der Waals surface area contributed by atoms with Crippen molar-refractivity contribution in [3.63, 3.8) is 0 Å². The summed E-state index contributed by atoms with van der Waals surface area (Å²) in [6, 6.07) is 8.43. The van der Waals surface area contributed by atoms with Crippen LogP contribution in [0.3, 0.4) is 0 Å². The van der Waals surface area contributed by atoms with Crippen molar-refractivity contribution in [3.8, 4) is 0 Å². The number of allylic oxidation sites excluding steroid dienone is 3. The third-order valence-corrected chi connectivity index (χ3v) is 8.52. The summed E-state index contributed by atoms with van der Waals surface area (Å²) in [5.41, 5.74) is 0.157. The number of carbonyl (C=O) groups excluding carboxylic acids is 2. The van der Waals surface area contributed by atoms with Crippen LogP contribution in [0.5, 0.6) is 0 Å². The molecule has 6 rings (SSSR count). The lowest BCUT2D eigenvalue weighted by atomic mass is 9.84. The predicted octanol–water partition coefficient (Wildman–Crippen LogP) is 6.18. The van der Waals surface area contributed by atoms with Crippen LogP contribution in [0, 0.1) is 17.7 Å². The summed E-state index contributed by atoms with van der Waals surface area (Å²) in [7, 11) is 0. The summed E-state index contributed by atoms with van der Waals surface area (Å²) in [5, 5.41) is 5.01. The molecular formula is C32H33F4N7O3. The summed E-state index contributed by atoms with van der Waals surface area (Å²) in [6.45, 7) is 4.67. The molecule has 1 aromatic carbocycles. The fourth-order valence-electron chi connectivity index (χ4n) is 6.03. The van der Waals surface area contributed by atoms with Gasteiger partial charge in [-0.05, 0) is 48.9 Å². The lowest BCUT2D eigenvalue weighted by Crippen LogP contribution is -2.50. The fourth-order valence-corrected chi connectivity index (χ4v) is 6.03. The molecule has 3 aliphatic rings. The summed E-state index contributed by atoms with van der Waals surface area (Å²) in [6.07, 6.45) is 4.30. The number of rotatable bonds is 6. The van der Waals surface area contributed by atoms with Gasteiger partial charge in [-0.25, -0.2) is 14.2 Å². The van der Waals surface area contributed by atoms with Crippen molar-refractivity contribution in [2.45, 2.75) is 25.9 Å². The van der Waals surface area contributed by atoms with Crippen LogP contribution in [0.4, 0.5) is 45.6 Å². The molecule has 4 heterocycles. The van der Waals surface area contributed by atoms with Gasteiger partial charge in [-0.3, -0.25) is 4.79 Å². The highest BCUT2D eigenvalue weighted by Crippen LogP contribution is 2.38. The van der Waals surface area contributed by atoms with Crippen LogP contribution in [0.1, 0.15) is 36.0 Å². The first-order valence-corrected chi connectivity index (χ1v) is 15.1. The number of benzene rings is 1. The average Bonchev–Trinajstić information content (AvgIpc) is 3.72. The Balaban J connectivity index is 1.07. The lowest BCUT2D eigenvalue weighted by molar-refractivity contribution is -0.141. The number of carbonyl (C=O) groups is 2. The van der Waals surface area contributed by atoms with Crippen molar-refractivity contribution in [2.24, 2.45) is 11.8 Å². The predicted molar refractivity (Wildman–Crippen MR) is 164 cm³/mol. The van der Waals surface area contributed by atoms with Gasteiger partial charge in [0, 0.05) is 39.3 Å². The van der Waals surface area contributed by atoms with Crippen molar-refractivity contribution < 1.29 is 31.6 Å². The maximum Gasteiger partial charge on any atom is 0.437 e. The number of amides is 3. The normalized spacial score (nSPS) is 20.1. The van der Waals surface area contributed by atoms with E-state index < -0.39 is 35.4 Å². The number of anilines is 4. The molecule has 14 heteroatoms. The number of alkyl halides is 3. The first-order chi connectivity index (χ1) is 22.1. The van der Waals surface area contributed by atoms with E-state index in [0.717, 1.165) is 12.8 Å². The third-order valence-electron chi connectivity index (χ3n) is 8.52. The van der Waals surface area contributed by atoms with E-state index in [0.29, 0.717) is 51.0 Å². The molecule has 2 fully saturated rings. The van der Waals surface area contributed by atoms with Crippen molar-refractivity contribution >= 4 is 35.1 Å². The van der Waals surface area contributed by atoms with Crippen LogP contribution in [0.2, 0.25) is 0 Å². The number of nitrogens with one attached hydrogen (secondary N) is 2. The van der Waals surface area contributed by atoms with Gasteiger partial charge in [0.2, 0.25) is 5.76 Å². The highest BCUT2D eigenvalue weighted by atomic mass is 19.4. The Kier molecular flexibility index (Phi) is 8.69. The first kappa shape index (κ1) is 31.1. The molecule has 0 spiro atoms. The van der Waals surface area contributed by atoms with Crippen LogP contribution in [0.25, 0.3) is 0 Å². The van der Waals surface area contributed by atoms with Gasteiger partial charge in [0.1, 0.15) is 11.6 Å². The fraction of sp³-hybridized carbons (Fsp3) is 0.375. The number of para-hydroxylation sites is 1. The van der Waals surface area contributed by atoms with E-state index in [9.17, 15) is 27.2 Å².